The Labute approximate surface area is 154 Å². The van der Waals surface area contributed by atoms with Crippen LogP contribution in [0.3, 0.4) is 0 Å². The summed E-state index contributed by atoms with van der Waals surface area (Å²) < 4.78 is 16.5. The molecule has 0 spiro atoms. The van der Waals surface area contributed by atoms with Crippen molar-refractivity contribution in [1.82, 2.24) is 19.7 Å². The van der Waals surface area contributed by atoms with Crippen molar-refractivity contribution >= 4 is 22.4 Å². The van der Waals surface area contributed by atoms with Crippen molar-refractivity contribution in [2.75, 3.05) is 0 Å². The average molecular weight is 365 g/mol. The minimum atomic E-state index is -0.259. The fourth-order valence-corrected chi connectivity index (χ4v) is 4.09. The zero-order valence-corrected chi connectivity index (χ0v) is 14.8. The molecule has 0 atom stereocenters. The second-order valence-electron chi connectivity index (χ2n) is 6.49. The molecular formula is C20H14ClFN4. The first-order chi connectivity index (χ1) is 12.6. The van der Waals surface area contributed by atoms with Gasteiger partial charge in [0.05, 0.1) is 10.7 Å². The highest BCUT2D eigenvalue weighted by Crippen LogP contribution is 2.38. The SMILES string of the molecule is Cc1nnc2n1-c1c(Cl)cc(-c3cncc4cccc(F)c34)cc1CC2. The second kappa shape index (κ2) is 5.61. The molecule has 0 fully saturated rings. The summed E-state index contributed by atoms with van der Waals surface area (Å²) in [6, 6.07) is 8.98. The average Bonchev–Trinajstić information content (AvgIpc) is 3.02. The lowest BCUT2D eigenvalue weighted by Crippen LogP contribution is -2.14. The Balaban J connectivity index is 1.78. The van der Waals surface area contributed by atoms with Crippen LogP contribution >= 0.6 is 11.6 Å². The molecule has 2 aromatic heterocycles. The van der Waals surface area contributed by atoms with Crippen LogP contribution < -0.4 is 0 Å². The highest BCUT2D eigenvalue weighted by atomic mass is 35.5. The number of halogens is 2. The molecule has 6 heteroatoms. The van der Waals surface area contributed by atoms with E-state index in [0.29, 0.717) is 10.4 Å². The zero-order valence-electron chi connectivity index (χ0n) is 14.0. The van der Waals surface area contributed by atoms with Crippen LogP contribution in [0.1, 0.15) is 17.2 Å². The van der Waals surface area contributed by atoms with Crippen molar-refractivity contribution in [3.63, 3.8) is 0 Å². The third-order valence-electron chi connectivity index (χ3n) is 4.92. The van der Waals surface area contributed by atoms with Gasteiger partial charge in [-0.3, -0.25) is 9.55 Å². The normalized spacial score (nSPS) is 12.9. The van der Waals surface area contributed by atoms with Crippen molar-refractivity contribution in [3.8, 4) is 16.8 Å². The molecule has 0 N–H and O–H groups in total. The molecule has 1 aliphatic heterocycles. The minimum Gasteiger partial charge on any atom is -0.281 e. The van der Waals surface area contributed by atoms with Gasteiger partial charge in [0.15, 0.2) is 0 Å². The number of benzene rings is 2. The van der Waals surface area contributed by atoms with Gasteiger partial charge in [-0.25, -0.2) is 4.39 Å². The topological polar surface area (TPSA) is 43.6 Å². The molecule has 0 unspecified atom stereocenters. The van der Waals surface area contributed by atoms with Gasteiger partial charge in [0.2, 0.25) is 0 Å². The number of hydrogen-bond donors (Lipinski definition) is 0. The van der Waals surface area contributed by atoms with E-state index in [-0.39, 0.29) is 5.82 Å². The van der Waals surface area contributed by atoms with Gasteiger partial charge in [-0.2, -0.15) is 0 Å². The van der Waals surface area contributed by atoms with E-state index >= 15 is 0 Å². The number of aromatic nitrogens is 4. The molecule has 2 aromatic carbocycles. The Morgan fingerprint density at radius 2 is 2.00 bits per heavy atom. The molecule has 0 radical (unpaired) electrons. The zero-order chi connectivity index (χ0) is 17.8. The molecule has 0 bridgehead atoms. The third-order valence-corrected chi connectivity index (χ3v) is 5.21. The van der Waals surface area contributed by atoms with Gasteiger partial charge in [-0.15, -0.1) is 10.2 Å². The lowest BCUT2D eigenvalue weighted by Gasteiger charge is -2.21. The van der Waals surface area contributed by atoms with Crippen molar-refractivity contribution in [2.45, 2.75) is 19.8 Å². The van der Waals surface area contributed by atoms with Crippen LogP contribution in [0.2, 0.25) is 5.02 Å². The van der Waals surface area contributed by atoms with Crippen molar-refractivity contribution in [2.24, 2.45) is 0 Å². The van der Waals surface area contributed by atoms with E-state index < -0.39 is 0 Å². The maximum absolute atomic E-state index is 14.5. The van der Waals surface area contributed by atoms with Gasteiger partial charge in [0.1, 0.15) is 17.5 Å². The van der Waals surface area contributed by atoms with Gasteiger partial charge < -0.3 is 0 Å². The van der Waals surface area contributed by atoms with Gasteiger partial charge >= 0.3 is 0 Å². The van der Waals surface area contributed by atoms with Crippen LogP contribution in [0.4, 0.5) is 4.39 Å². The number of nitrogens with zero attached hydrogens (tertiary/aromatic N) is 4. The maximum Gasteiger partial charge on any atom is 0.137 e. The predicted octanol–water partition coefficient (Wildman–Crippen LogP) is 4.68. The fourth-order valence-electron chi connectivity index (χ4n) is 3.77. The van der Waals surface area contributed by atoms with Gasteiger partial charge in [0.25, 0.3) is 0 Å². The monoisotopic (exact) mass is 364 g/mol. The highest BCUT2D eigenvalue weighted by molar-refractivity contribution is 6.33. The summed E-state index contributed by atoms with van der Waals surface area (Å²) in [4.78, 5) is 4.28. The predicted molar refractivity (Wildman–Crippen MR) is 99.2 cm³/mol. The molecule has 0 saturated heterocycles. The third kappa shape index (κ3) is 2.17. The van der Waals surface area contributed by atoms with E-state index in [4.69, 9.17) is 11.6 Å². The molecule has 4 nitrogen and oxygen atoms in total. The number of hydrogen-bond acceptors (Lipinski definition) is 3. The van der Waals surface area contributed by atoms with E-state index in [0.717, 1.165) is 52.3 Å². The Hall–Kier alpha value is -2.79. The standard InChI is InChI=1S/C20H14ClFN4/c1-11-24-25-18-6-5-12-7-14(8-16(21)20(12)26(11)18)15-10-23-9-13-3-2-4-17(22)19(13)15/h2-4,7-10H,5-6H2,1H3. The van der Waals surface area contributed by atoms with Crippen molar-refractivity contribution in [3.05, 3.63) is 70.8 Å². The van der Waals surface area contributed by atoms with E-state index in [2.05, 4.69) is 21.2 Å². The van der Waals surface area contributed by atoms with Gasteiger partial charge in [-0.1, -0.05) is 23.7 Å². The molecule has 0 aliphatic carbocycles. The van der Waals surface area contributed by atoms with Crippen LogP contribution in [-0.2, 0) is 12.8 Å². The fraction of sp³-hybridized carbons (Fsp3) is 0.150. The minimum absolute atomic E-state index is 0.259. The van der Waals surface area contributed by atoms with Crippen LogP contribution in [0, 0.1) is 12.7 Å². The molecule has 0 amide bonds. The van der Waals surface area contributed by atoms with Gasteiger partial charge in [0, 0.05) is 35.2 Å². The second-order valence-corrected chi connectivity index (χ2v) is 6.90. The quantitative estimate of drug-likeness (QED) is 0.492. The summed E-state index contributed by atoms with van der Waals surface area (Å²) in [6.07, 6.45) is 4.99. The first-order valence-corrected chi connectivity index (χ1v) is 8.77. The maximum atomic E-state index is 14.5. The molecule has 128 valence electrons. The number of aryl methyl sites for hydroxylation is 3. The molecule has 3 heterocycles. The molecule has 26 heavy (non-hydrogen) atoms. The molecule has 4 aromatic rings. The van der Waals surface area contributed by atoms with Crippen LogP contribution in [0.5, 0.6) is 0 Å². The van der Waals surface area contributed by atoms with E-state index in [1.54, 1.807) is 18.5 Å². The van der Waals surface area contributed by atoms with Crippen molar-refractivity contribution < 1.29 is 4.39 Å². The lowest BCUT2D eigenvalue weighted by molar-refractivity contribution is 0.640. The molecule has 1 aliphatic rings. The van der Waals surface area contributed by atoms with Crippen LogP contribution in [0.15, 0.2) is 42.7 Å². The van der Waals surface area contributed by atoms with E-state index in [9.17, 15) is 4.39 Å². The van der Waals surface area contributed by atoms with Gasteiger partial charge in [-0.05, 0) is 42.7 Å². The summed E-state index contributed by atoms with van der Waals surface area (Å²) in [5, 5.41) is 10.3. The summed E-state index contributed by atoms with van der Waals surface area (Å²) in [5.41, 5.74) is 3.65. The Bertz CT molecular complexity index is 1180. The Morgan fingerprint density at radius 1 is 1.12 bits per heavy atom. The van der Waals surface area contributed by atoms with E-state index in [1.807, 2.05) is 23.6 Å². The summed E-state index contributed by atoms with van der Waals surface area (Å²) in [5.74, 6) is 1.47. The van der Waals surface area contributed by atoms with Crippen LogP contribution in [0.25, 0.3) is 27.6 Å². The lowest BCUT2D eigenvalue weighted by atomic mass is 9.95. The highest BCUT2D eigenvalue weighted by Gasteiger charge is 2.23. The molecule has 0 saturated carbocycles. The largest absolute Gasteiger partial charge is 0.281 e. The Kier molecular flexibility index (Phi) is 3.34. The first kappa shape index (κ1) is 15.5. The van der Waals surface area contributed by atoms with E-state index in [1.165, 1.54) is 6.07 Å². The van der Waals surface area contributed by atoms with Crippen LogP contribution in [-0.4, -0.2) is 19.7 Å². The molecule has 5 rings (SSSR count). The smallest absolute Gasteiger partial charge is 0.137 e. The number of fused-ring (bicyclic) bond motifs is 4. The van der Waals surface area contributed by atoms with Crippen molar-refractivity contribution in [1.29, 1.82) is 0 Å². The summed E-state index contributed by atoms with van der Waals surface area (Å²) in [6.45, 7) is 1.92. The summed E-state index contributed by atoms with van der Waals surface area (Å²) >= 11 is 6.65. The summed E-state index contributed by atoms with van der Waals surface area (Å²) in [7, 11) is 0. The first-order valence-electron chi connectivity index (χ1n) is 8.40. The molecular weight excluding hydrogens is 351 g/mol. The number of rotatable bonds is 1. The Morgan fingerprint density at radius 3 is 2.88 bits per heavy atom. The number of pyridine rings is 1.